The van der Waals surface area contributed by atoms with E-state index in [0.717, 1.165) is 50.2 Å². The maximum atomic E-state index is 13.1. The van der Waals surface area contributed by atoms with Crippen LogP contribution in [-0.2, 0) is 7.05 Å². The van der Waals surface area contributed by atoms with Gasteiger partial charge in [-0.05, 0) is 63.2 Å². The van der Waals surface area contributed by atoms with Crippen LogP contribution in [0.15, 0.2) is 29.5 Å². The second kappa shape index (κ2) is 7.31. The third-order valence-corrected chi connectivity index (χ3v) is 5.77. The quantitative estimate of drug-likeness (QED) is 0.841. The van der Waals surface area contributed by atoms with E-state index in [9.17, 15) is 9.59 Å². The molecule has 0 spiro atoms. The van der Waals surface area contributed by atoms with Crippen molar-refractivity contribution in [2.75, 3.05) is 13.1 Å². The van der Waals surface area contributed by atoms with Crippen molar-refractivity contribution in [3.05, 3.63) is 52.0 Å². The van der Waals surface area contributed by atoms with Crippen molar-refractivity contribution in [1.29, 1.82) is 0 Å². The number of nitrogens with one attached hydrogen (secondary N) is 2. The highest BCUT2D eigenvalue weighted by molar-refractivity contribution is 5.95. The number of piperidine rings is 1. The van der Waals surface area contributed by atoms with Crippen LogP contribution in [-0.4, -0.2) is 33.1 Å². The lowest BCUT2D eigenvalue weighted by atomic mass is 10.0. The van der Waals surface area contributed by atoms with Crippen molar-refractivity contribution in [2.24, 2.45) is 13.0 Å². The molecule has 1 saturated heterocycles. The van der Waals surface area contributed by atoms with E-state index >= 15 is 0 Å². The summed E-state index contributed by atoms with van der Waals surface area (Å²) in [5.74, 6) is 0.949. The fraction of sp³-hybridized carbons (Fsp3) is 0.550. The van der Waals surface area contributed by atoms with Crippen LogP contribution in [0.2, 0.25) is 0 Å². The Hall–Kier alpha value is -2.41. The monoisotopic (exact) mass is 369 g/mol. The van der Waals surface area contributed by atoms with Crippen LogP contribution in [0, 0.1) is 12.8 Å². The van der Waals surface area contributed by atoms with Gasteiger partial charge in [0.15, 0.2) is 0 Å². The number of aryl methyl sites for hydroxylation is 2. The topological polar surface area (TPSA) is 81.0 Å². The number of imidazole rings is 1. The molecule has 2 fully saturated rings. The summed E-state index contributed by atoms with van der Waals surface area (Å²) < 4.78 is 3.68. The first-order chi connectivity index (χ1) is 13.1. The molecule has 1 atom stereocenters. The Morgan fingerprint density at radius 3 is 2.63 bits per heavy atom. The van der Waals surface area contributed by atoms with Crippen molar-refractivity contribution >= 4 is 5.91 Å². The Morgan fingerprint density at radius 1 is 1.26 bits per heavy atom. The molecule has 1 amide bonds. The summed E-state index contributed by atoms with van der Waals surface area (Å²) in [6.45, 7) is 3.63. The zero-order chi connectivity index (χ0) is 19.0. The van der Waals surface area contributed by atoms with E-state index in [-0.39, 0.29) is 29.1 Å². The van der Waals surface area contributed by atoms with Crippen LogP contribution in [0.1, 0.15) is 59.5 Å². The zero-order valence-electron chi connectivity index (χ0n) is 15.9. The van der Waals surface area contributed by atoms with Gasteiger partial charge >= 0.3 is 0 Å². The first kappa shape index (κ1) is 18.0. The summed E-state index contributed by atoms with van der Waals surface area (Å²) in [4.78, 5) is 30.6. The number of carbonyl (C=O) groups excluding carboxylic acids is 1. The van der Waals surface area contributed by atoms with Gasteiger partial charge in [-0.3, -0.25) is 9.59 Å². The van der Waals surface area contributed by atoms with Crippen LogP contribution < -0.4 is 16.2 Å². The van der Waals surface area contributed by atoms with E-state index in [1.807, 2.05) is 37.0 Å². The van der Waals surface area contributed by atoms with Crippen LogP contribution in [0.5, 0.6) is 0 Å². The first-order valence-corrected chi connectivity index (χ1v) is 9.77. The highest BCUT2D eigenvalue weighted by atomic mass is 16.2. The van der Waals surface area contributed by atoms with Gasteiger partial charge in [-0.2, -0.15) is 0 Å². The maximum absolute atomic E-state index is 13.1. The average molecular weight is 369 g/mol. The lowest BCUT2D eigenvalue weighted by molar-refractivity contribution is 0.0925. The Labute approximate surface area is 158 Å². The smallest absolute Gasteiger partial charge is 0.263 e. The van der Waals surface area contributed by atoms with Crippen LogP contribution in [0.25, 0.3) is 0 Å². The predicted molar refractivity (Wildman–Crippen MR) is 103 cm³/mol. The Morgan fingerprint density at radius 2 is 2.00 bits per heavy atom. The molecule has 2 aromatic heterocycles. The molecule has 7 nitrogen and oxygen atoms in total. The Kier molecular flexibility index (Phi) is 4.86. The molecule has 27 heavy (non-hydrogen) atoms. The van der Waals surface area contributed by atoms with E-state index in [1.165, 1.54) is 0 Å². The lowest BCUT2D eigenvalue weighted by Gasteiger charge is -2.25. The molecule has 0 bridgehead atoms. The third-order valence-electron chi connectivity index (χ3n) is 5.77. The van der Waals surface area contributed by atoms with Crippen molar-refractivity contribution in [2.45, 2.75) is 44.7 Å². The molecule has 2 aromatic rings. The SMILES string of the molecule is Cc1ccn(C2CCNCC2)c(=O)c1C(=O)NC(c1nccn1C)C1CC1. The molecule has 1 aliphatic carbocycles. The van der Waals surface area contributed by atoms with Gasteiger partial charge in [0.1, 0.15) is 11.4 Å². The number of amides is 1. The van der Waals surface area contributed by atoms with Gasteiger partial charge in [-0.1, -0.05) is 0 Å². The summed E-state index contributed by atoms with van der Waals surface area (Å²) in [6.07, 6.45) is 9.42. The van der Waals surface area contributed by atoms with Crippen molar-refractivity contribution in [1.82, 2.24) is 24.8 Å². The van der Waals surface area contributed by atoms with E-state index in [0.29, 0.717) is 5.92 Å². The van der Waals surface area contributed by atoms with E-state index < -0.39 is 0 Å². The van der Waals surface area contributed by atoms with Crippen molar-refractivity contribution in [3.63, 3.8) is 0 Å². The molecule has 2 aliphatic rings. The summed E-state index contributed by atoms with van der Waals surface area (Å²) >= 11 is 0. The fourth-order valence-electron chi connectivity index (χ4n) is 4.00. The molecule has 144 valence electrons. The minimum atomic E-state index is -0.291. The minimum absolute atomic E-state index is 0.149. The van der Waals surface area contributed by atoms with Crippen molar-refractivity contribution < 1.29 is 4.79 Å². The normalized spacial score (nSPS) is 19.0. The molecule has 3 heterocycles. The lowest BCUT2D eigenvalue weighted by Crippen LogP contribution is -2.40. The highest BCUT2D eigenvalue weighted by Crippen LogP contribution is 2.40. The molecular formula is C20H27N5O2. The Bertz CT molecular complexity index is 890. The standard InChI is InChI=1S/C20H27N5O2/c1-13-7-11-25(15-5-8-21-9-6-15)20(27)16(13)19(26)23-17(14-3-4-14)18-22-10-12-24(18)2/h7,10-12,14-15,17,21H,3-6,8-9H2,1-2H3,(H,23,26). The van der Waals surface area contributed by atoms with Crippen molar-refractivity contribution in [3.8, 4) is 0 Å². The number of hydrogen-bond donors (Lipinski definition) is 2. The van der Waals surface area contributed by atoms with Crippen LogP contribution >= 0.6 is 0 Å². The minimum Gasteiger partial charge on any atom is -0.342 e. The summed E-state index contributed by atoms with van der Waals surface area (Å²) in [6, 6.07) is 1.88. The predicted octanol–water partition coefficient (Wildman–Crippen LogP) is 1.70. The highest BCUT2D eigenvalue weighted by Gasteiger charge is 2.36. The second-order valence-corrected chi connectivity index (χ2v) is 7.75. The van der Waals surface area contributed by atoms with Gasteiger partial charge in [0.2, 0.25) is 0 Å². The molecular weight excluding hydrogens is 342 g/mol. The largest absolute Gasteiger partial charge is 0.342 e. The summed E-state index contributed by atoms with van der Waals surface area (Å²) in [5, 5.41) is 6.42. The van der Waals surface area contributed by atoms with E-state index in [4.69, 9.17) is 0 Å². The van der Waals surface area contributed by atoms with Gasteiger partial charge in [-0.25, -0.2) is 4.98 Å². The number of aromatic nitrogens is 3. The molecule has 1 saturated carbocycles. The zero-order valence-corrected chi connectivity index (χ0v) is 15.9. The molecule has 1 unspecified atom stereocenters. The molecule has 1 aliphatic heterocycles. The molecule has 0 radical (unpaired) electrons. The molecule has 2 N–H and O–H groups in total. The van der Waals surface area contributed by atoms with Gasteiger partial charge in [0, 0.05) is 31.7 Å². The molecule has 7 heteroatoms. The van der Waals surface area contributed by atoms with Gasteiger partial charge < -0.3 is 19.8 Å². The van der Waals surface area contributed by atoms with Gasteiger partial charge in [-0.15, -0.1) is 0 Å². The number of rotatable bonds is 5. The van der Waals surface area contributed by atoms with Crippen LogP contribution in [0.3, 0.4) is 0 Å². The number of pyridine rings is 1. The summed E-state index contributed by atoms with van der Waals surface area (Å²) in [7, 11) is 1.93. The molecule has 0 aromatic carbocycles. The number of hydrogen-bond acceptors (Lipinski definition) is 4. The second-order valence-electron chi connectivity index (χ2n) is 7.75. The van der Waals surface area contributed by atoms with Gasteiger partial charge in [0.25, 0.3) is 11.5 Å². The fourth-order valence-corrected chi connectivity index (χ4v) is 4.00. The average Bonchev–Trinajstić information content (AvgIpc) is 3.42. The first-order valence-electron chi connectivity index (χ1n) is 9.77. The Balaban J connectivity index is 1.63. The number of carbonyl (C=O) groups is 1. The molecule has 4 rings (SSSR count). The summed E-state index contributed by atoms with van der Waals surface area (Å²) in [5.41, 5.74) is 0.793. The van der Waals surface area contributed by atoms with E-state index in [2.05, 4.69) is 15.6 Å². The van der Waals surface area contributed by atoms with Crippen LogP contribution in [0.4, 0.5) is 0 Å². The third kappa shape index (κ3) is 3.56. The van der Waals surface area contributed by atoms with Gasteiger partial charge in [0.05, 0.1) is 6.04 Å². The number of nitrogens with zero attached hydrogens (tertiary/aromatic N) is 3. The van der Waals surface area contributed by atoms with E-state index in [1.54, 1.807) is 10.8 Å². The maximum Gasteiger partial charge on any atom is 0.263 e.